The Morgan fingerprint density at radius 3 is 2.33 bits per heavy atom. The predicted octanol–water partition coefficient (Wildman–Crippen LogP) is -11.4. The first-order chi connectivity index (χ1) is 13.8. The number of nitrogens with zero attached hydrogens (tertiary/aromatic N) is 4. The van der Waals surface area contributed by atoms with Gasteiger partial charge in [-0.1, -0.05) is 0 Å². The van der Waals surface area contributed by atoms with Crippen LogP contribution in [0.25, 0.3) is 11.2 Å². The van der Waals surface area contributed by atoms with E-state index >= 15 is 0 Å². The van der Waals surface area contributed by atoms with Crippen molar-refractivity contribution in [2.24, 2.45) is 0 Å². The van der Waals surface area contributed by atoms with E-state index in [-0.39, 0.29) is 106 Å². The SMILES string of the molecule is O=P([O-])([O-])OP(=O)(O)OP(=O)(O)OC[C@H]1O[C@@H](n2cnc3c([O-])ncnc32)C[C@@H]1O.[Na+].[Na+].[Na+]. The predicted molar refractivity (Wildman–Crippen MR) is 84.7 cm³/mol. The van der Waals surface area contributed by atoms with Crippen LogP contribution in [0.2, 0.25) is 0 Å². The minimum absolute atomic E-state index is 0. The summed E-state index contributed by atoms with van der Waals surface area (Å²) in [6, 6.07) is 0. The maximum Gasteiger partial charge on any atom is 1.00 e. The summed E-state index contributed by atoms with van der Waals surface area (Å²) in [7, 11) is -17.2. The number of imidazole rings is 1. The van der Waals surface area contributed by atoms with Crippen LogP contribution >= 0.6 is 23.5 Å². The first-order valence-electron chi connectivity index (χ1n) is 7.69. The fraction of sp³-hybridized carbons (Fsp3) is 0.500. The number of hydrogen-bond acceptors (Lipinski definition) is 14. The van der Waals surface area contributed by atoms with Gasteiger partial charge in [-0.05, 0) is 0 Å². The first kappa shape index (κ1) is 34.7. The molecule has 1 aliphatic heterocycles. The van der Waals surface area contributed by atoms with E-state index in [4.69, 9.17) is 9.63 Å². The zero-order valence-electron chi connectivity index (χ0n) is 17.4. The third kappa shape index (κ3) is 9.82. The molecule has 23 heteroatoms. The summed E-state index contributed by atoms with van der Waals surface area (Å²) in [5.74, 6) is -0.632. The van der Waals surface area contributed by atoms with Gasteiger partial charge in [-0.3, -0.25) is 18.4 Å². The number of hydrogen-bond donors (Lipinski definition) is 3. The van der Waals surface area contributed by atoms with E-state index < -0.39 is 54.4 Å². The van der Waals surface area contributed by atoms with Crippen molar-refractivity contribution in [3.05, 3.63) is 12.7 Å². The summed E-state index contributed by atoms with van der Waals surface area (Å²) in [6.45, 7) is -0.855. The summed E-state index contributed by atoms with van der Waals surface area (Å²) in [5.41, 5.74) is 0.0687. The molecule has 2 unspecified atom stereocenters. The summed E-state index contributed by atoms with van der Waals surface area (Å²) in [5, 5.41) is 21.7. The molecular weight excluding hydrogens is 546 g/mol. The molecule has 0 aromatic carbocycles. The standard InChI is InChI=1S/C10H15N4O13P3.3Na/c15-5-1-7(14-4-13-8-9(14)11-3-12-10(8)16)25-6(5)2-24-29(20,21)27-30(22,23)26-28(17,18)19;;;/h3-7,15H,1-2H2,(H,20,21)(H,22,23)(H,11,12,16)(H2,17,18,19);;;/q;3*+1/p-3/t5-,6+,7+;;;/m0.../s1. The van der Waals surface area contributed by atoms with E-state index in [1.54, 1.807) is 0 Å². The summed E-state index contributed by atoms with van der Waals surface area (Å²) in [6.07, 6.45) is -1.29. The van der Waals surface area contributed by atoms with Gasteiger partial charge in [0.15, 0.2) is 5.65 Å². The fourth-order valence-electron chi connectivity index (χ4n) is 2.54. The van der Waals surface area contributed by atoms with Gasteiger partial charge < -0.3 is 39.1 Å². The molecule has 3 rings (SSSR count). The van der Waals surface area contributed by atoms with Crippen molar-refractivity contribution in [2.45, 2.75) is 24.9 Å². The quantitative estimate of drug-likeness (QED) is 0.201. The van der Waals surface area contributed by atoms with E-state index in [0.29, 0.717) is 0 Å². The van der Waals surface area contributed by atoms with Crippen LogP contribution in [0, 0.1) is 0 Å². The van der Waals surface area contributed by atoms with Crippen molar-refractivity contribution >= 4 is 34.6 Å². The molecule has 1 saturated heterocycles. The normalized spacial score (nSPS) is 24.1. The average molecular weight is 558 g/mol. The smallest absolute Gasteiger partial charge is 0.857 e. The number of rotatable bonds is 8. The largest absolute Gasteiger partial charge is 1.00 e. The van der Waals surface area contributed by atoms with Crippen molar-refractivity contribution in [3.63, 3.8) is 0 Å². The molecule has 3 N–H and O–H groups in total. The minimum atomic E-state index is -6.01. The Kier molecular flexibility index (Phi) is 14.2. The van der Waals surface area contributed by atoms with Crippen molar-refractivity contribution in [1.82, 2.24) is 19.5 Å². The van der Waals surface area contributed by atoms with Crippen molar-refractivity contribution < 1.29 is 150 Å². The zero-order chi connectivity index (χ0) is 22.3. The molecule has 33 heavy (non-hydrogen) atoms. The molecule has 3 heterocycles. The molecule has 2 aromatic rings. The summed E-state index contributed by atoms with van der Waals surface area (Å²) >= 11 is 0. The number of fused-ring (bicyclic) bond motifs is 1. The second-order valence-corrected chi connectivity index (χ2v) is 10.1. The summed E-state index contributed by atoms with van der Waals surface area (Å²) in [4.78, 5) is 50.3. The first-order valence-corrected chi connectivity index (χ1v) is 12.1. The molecular formula is C10H12N4Na3O13P3. The zero-order valence-corrected chi connectivity index (χ0v) is 26.0. The van der Waals surface area contributed by atoms with E-state index in [1.165, 1.54) is 10.9 Å². The molecule has 0 bridgehead atoms. The Balaban J connectivity index is 0.00000341. The average Bonchev–Trinajstić information content (AvgIpc) is 3.14. The van der Waals surface area contributed by atoms with Gasteiger partial charge in [0.25, 0.3) is 0 Å². The van der Waals surface area contributed by atoms with Crippen molar-refractivity contribution in [2.75, 3.05) is 6.61 Å². The van der Waals surface area contributed by atoms with Gasteiger partial charge in [0.2, 0.25) is 0 Å². The second-order valence-electron chi connectivity index (χ2n) is 5.78. The van der Waals surface area contributed by atoms with E-state index in [9.17, 15) is 38.6 Å². The molecule has 1 fully saturated rings. The van der Waals surface area contributed by atoms with E-state index in [0.717, 1.165) is 6.33 Å². The van der Waals surface area contributed by atoms with Gasteiger partial charge in [-0.25, -0.2) is 19.1 Å². The molecule has 17 nitrogen and oxygen atoms in total. The minimum Gasteiger partial charge on any atom is -0.857 e. The monoisotopic (exact) mass is 558 g/mol. The summed E-state index contributed by atoms with van der Waals surface area (Å²) < 4.78 is 51.3. The van der Waals surface area contributed by atoms with Crippen LogP contribution in [0.3, 0.4) is 0 Å². The number of aliphatic hydroxyl groups excluding tert-OH is 1. The van der Waals surface area contributed by atoms with Crippen molar-refractivity contribution in [3.8, 4) is 5.88 Å². The maximum absolute atomic E-state index is 11.7. The third-order valence-electron chi connectivity index (χ3n) is 3.65. The molecule has 0 spiro atoms. The molecule has 5 atom stereocenters. The number of phosphoric acid groups is 3. The second kappa shape index (κ2) is 13.5. The molecule has 168 valence electrons. The van der Waals surface area contributed by atoms with Gasteiger partial charge in [0.05, 0.1) is 26.9 Å². The third-order valence-corrected chi connectivity index (χ3v) is 7.40. The number of phosphoric ester groups is 1. The van der Waals surface area contributed by atoms with Gasteiger partial charge in [-0.2, -0.15) is 4.31 Å². The van der Waals surface area contributed by atoms with Crippen molar-refractivity contribution in [1.29, 1.82) is 0 Å². The Labute approximate surface area is 251 Å². The topological polar surface area (TPSA) is 262 Å². The molecule has 0 radical (unpaired) electrons. The maximum atomic E-state index is 11.7. The van der Waals surface area contributed by atoms with Crippen LogP contribution in [0.15, 0.2) is 12.7 Å². The Bertz CT molecular complexity index is 1090. The van der Waals surface area contributed by atoms with Crippen LogP contribution in [0.1, 0.15) is 12.6 Å². The van der Waals surface area contributed by atoms with Gasteiger partial charge in [-0.15, -0.1) is 0 Å². The van der Waals surface area contributed by atoms with Crippen LogP contribution in [0.5, 0.6) is 5.88 Å². The molecule has 0 saturated carbocycles. The Morgan fingerprint density at radius 1 is 1.09 bits per heavy atom. The van der Waals surface area contributed by atoms with Crippen LogP contribution in [-0.2, 0) is 31.6 Å². The number of ether oxygens (including phenoxy) is 1. The molecule has 2 aromatic heterocycles. The van der Waals surface area contributed by atoms with Crippen LogP contribution in [-0.4, -0.2) is 53.2 Å². The number of aliphatic hydroxyl groups is 1. The van der Waals surface area contributed by atoms with Gasteiger partial charge >= 0.3 is 104 Å². The van der Waals surface area contributed by atoms with Crippen LogP contribution in [0.4, 0.5) is 0 Å². The number of aromatic nitrogens is 4. The van der Waals surface area contributed by atoms with E-state index in [2.05, 4.69) is 28.1 Å². The molecule has 0 aliphatic carbocycles. The fourth-order valence-corrected chi connectivity index (χ4v) is 5.51. The van der Waals surface area contributed by atoms with Crippen LogP contribution < -0.4 is 104 Å². The molecule has 0 amide bonds. The Hall–Kier alpha value is 1.68. The van der Waals surface area contributed by atoms with Gasteiger partial charge in [0, 0.05) is 12.3 Å². The Morgan fingerprint density at radius 2 is 1.73 bits per heavy atom. The van der Waals surface area contributed by atoms with Gasteiger partial charge in [0.1, 0.15) is 24.2 Å². The van der Waals surface area contributed by atoms with E-state index in [1.807, 2.05) is 0 Å². The molecule has 1 aliphatic rings.